The van der Waals surface area contributed by atoms with Crippen LogP contribution in [0.5, 0.6) is 11.5 Å². The van der Waals surface area contributed by atoms with Gasteiger partial charge < -0.3 is 14.4 Å². The number of likely N-dealkylation sites (tertiary alicyclic amines) is 1. The van der Waals surface area contributed by atoms with Crippen LogP contribution < -0.4 is 14.2 Å². The van der Waals surface area contributed by atoms with Crippen molar-refractivity contribution in [2.75, 3.05) is 19.8 Å². The number of carbonyl (C=O) groups excluding carboxylic acids is 1. The molecular formula is C23H25ClN2O5S. The number of hydrogen-bond donors (Lipinski definition) is 1. The Hall–Kier alpha value is -2.29. The lowest BCUT2D eigenvalue weighted by atomic mass is 10.0. The van der Waals surface area contributed by atoms with E-state index in [1.165, 1.54) is 12.1 Å². The predicted molar refractivity (Wildman–Crippen MR) is 120 cm³/mol. The zero-order chi connectivity index (χ0) is 22.3. The van der Waals surface area contributed by atoms with E-state index in [2.05, 4.69) is 4.72 Å². The lowest BCUT2D eigenvalue weighted by Crippen LogP contribution is -2.31. The van der Waals surface area contributed by atoms with Crippen LogP contribution in [-0.4, -0.2) is 45.0 Å². The van der Waals surface area contributed by atoms with Gasteiger partial charge in [-0.05, 0) is 61.6 Å². The molecule has 2 aromatic rings. The van der Waals surface area contributed by atoms with Gasteiger partial charge in [0, 0.05) is 24.6 Å². The molecule has 2 aliphatic heterocycles. The molecular weight excluding hydrogens is 452 g/mol. The molecule has 7 nitrogen and oxygen atoms in total. The van der Waals surface area contributed by atoms with Gasteiger partial charge >= 0.3 is 0 Å². The Kier molecular flexibility index (Phi) is 5.77. The number of ether oxygens (including phenoxy) is 2. The van der Waals surface area contributed by atoms with Gasteiger partial charge in [0.1, 0.15) is 4.90 Å². The molecule has 0 spiro atoms. The van der Waals surface area contributed by atoms with Gasteiger partial charge in [-0.3, -0.25) is 4.79 Å². The number of fused-ring (bicyclic) bond motifs is 1. The summed E-state index contributed by atoms with van der Waals surface area (Å²) in [6, 6.07) is 10.1. The highest BCUT2D eigenvalue weighted by atomic mass is 35.5. The molecule has 2 fully saturated rings. The Bertz CT molecular complexity index is 1150. The number of sulfonamides is 1. The van der Waals surface area contributed by atoms with Crippen LogP contribution in [0.15, 0.2) is 41.3 Å². The second kappa shape index (κ2) is 8.57. The summed E-state index contributed by atoms with van der Waals surface area (Å²) in [5, 5.41) is 0.107. The Labute approximate surface area is 192 Å². The maximum Gasteiger partial charge on any atom is 0.254 e. The molecule has 2 aromatic carbocycles. The summed E-state index contributed by atoms with van der Waals surface area (Å²) in [4.78, 5) is 15.2. The van der Waals surface area contributed by atoms with Crippen LogP contribution in [0.25, 0.3) is 0 Å². The summed E-state index contributed by atoms with van der Waals surface area (Å²) in [5.41, 5.74) is 1.30. The number of rotatable bonds is 5. The van der Waals surface area contributed by atoms with Crippen LogP contribution in [0, 0.1) is 0 Å². The number of benzene rings is 2. The van der Waals surface area contributed by atoms with Crippen molar-refractivity contribution < 1.29 is 22.7 Å². The molecule has 0 radical (unpaired) electrons. The average Bonchev–Trinajstić information content (AvgIpc) is 3.50. The van der Waals surface area contributed by atoms with Gasteiger partial charge in [0.05, 0.1) is 24.3 Å². The summed E-state index contributed by atoms with van der Waals surface area (Å²) in [6.07, 6.45) is 4.16. The molecule has 9 heteroatoms. The molecule has 1 N–H and O–H groups in total. The maximum absolute atomic E-state index is 13.4. The van der Waals surface area contributed by atoms with Crippen molar-refractivity contribution in [1.82, 2.24) is 9.62 Å². The number of halogens is 1. The highest BCUT2D eigenvalue weighted by molar-refractivity contribution is 7.89. The smallest absolute Gasteiger partial charge is 0.254 e. The first-order chi connectivity index (χ1) is 15.4. The monoisotopic (exact) mass is 476 g/mol. The van der Waals surface area contributed by atoms with Crippen LogP contribution in [-0.2, 0) is 10.0 Å². The molecule has 1 aliphatic carbocycles. The number of nitrogens with one attached hydrogen (secondary N) is 1. The summed E-state index contributed by atoms with van der Waals surface area (Å²) < 4.78 is 39.6. The zero-order valence-corrected chi connectivity index (χ0v) is 19.1. The van der Waals surface area contributed by atoms with Crippen LogP contribution >= 0.6 is 11.6 Å². The topological polar surface area (TPSA) is 84.9 Å². The van der Waals surface area contributed by atoms with Gasteiger partial charge in [0.2, 0.25) is 10.0 Å². The fourth-order valence-corrected chi connectivity index (χ4v) is 6.07. The molecule has 1 atom stereocenters. The molecule has 32 heavy (non-hydrogen) atoms. The van der Waals surface area contributed by atoms with E-state index in [-0.39, 0.29) is 27.9 Å². The molecule has 5 rings (SSSR count). The second-order valence-electron chi connectivity index (χ2n) is 8.45. The van der Waals surface area contributed by atoms with Gasteiger partial charge in [-0.25, -0.2) is 13.1 Å². The largest absolute Gasteiger partial charge is 0.490 e. The van der Waals surface area contributed by atoms with Gasteiger partial charge in [0.25, 0.3) is 5.91 Å². The molecule has 0 aromatic heterocycles. The number of hydrogen-bond acceptors (Lipinski definition) is 5. The van der Waals surface area contributed by atoms with E-state index in [4.69, 9.17) is 21.1 Å². The normalized spacial score (nSPS) is 20.8. The Morgan fingerprint density at radius 3 is 2.56 bits per heavy atom. The van der Waals surface area contributed by atoms with E-state index < -0.39 is 10.0 Å². The SMILES string of the molecule is O=C(c1ccc(Cl)c(S(=O)(=O)NC2CC2)c1)N1CCCC1c1ccc2c(c1)OCCCO2. The number of nitrogens with zero attached hydrogens (tertiary/aromatic N) is 1. The molecule has 1 saturated carbocycles. The predicted octanol–water partition coefficient (Wildman–Crippen LogP) is 3.92. The van der Waals surface area contributed by atoms with Gasteiger partial charge in [-0.1, -0.05) is 17.7 Å². The minimum Gasteiger partial charge on any atom is -0.490 e. The molecule has 2 heterocycles. The van der Waals surface area contributed by atoms with Crippen LogP contribution in [0.1, 0.15) is 54.1 Å². The van der Waals surface area contributed by atoms with E-state index in [9.17, 15) is 13.2 Å². The summed E-state index contributed by atoms with van der Waals surface area (Å²) in [5.74, 6) is 1.21. The summed E-state index contributed by atoms with van der Waals surface area (Å²) in [7, 11) is -3.77. The molecule has 1 amide bonds. The summed E-state index contributed by atoms with van der Waals surface area (Å²) >= 11 is 6.18. The van der Waals surface area contributed by atoms with Crippen molar-refractivity contribution in [3.63, 3.8) is 0 Å². The third-order valence-corrected chi connectivity index (χ3v) is 8.04. The van der Waals surface area contributed by atoms with Crippen molar-refractivity contribution in [2.24, 2.45) is 0 Å². The highest BCUT2D eigenvalue weighted by Gasteiger charge is 2.33. The number of amides is 1. The molecule has 1 unspecified atom stereocenters. The fourth-order valence-electron chi connectivity index (χ4n) is 4.24. The number of carbonyl (C=O) groups is 1. The third kappa shape index (κ3) is 4.31. The van der Waals surface area contributed by atoms with Crippen molar-refractivity contribution in [2.45, 2.75) is 49.1 Å². The van der Waals surface area contributed by atoms with Crippen molar-refractivity contribution in [1.29, 1.82) is 0 Å². The van der Waals surface area contributed by atoms with Crippen molar-refractivity contribution in [3.8, 4) is 11.5 Å². The minimum absolute atomic E-state index is 0.0437. The maximum atomic E-state index is 13.4. The van der Waals surface area contributed by atoms with Gasteiger partial charge in [-0.15, -0.1) is 0 Å². The summed E-state index contributed by atoms with van der Waals surface area (Å²) in [6.45, 7) is 1.82. The van der Waals surface area contributed by atoms with Crippen LogP contribution in [0.3, 0.4) is 0 Å². The van der Waals surface area contributed by atoms with E-state index in [0.29, 0.717) is 31.1 Å². The first-order valence-corrected chi connectivity index (χ1v) is 12.8. The lowest BCUT2D eigenvalue weighted by Gasteiger charge is -2.26. The molecule has 0 bridgehead atoms. The Morgan fingerprint density at radius 1 is 1.00 bits per heavy atom. The Balaban J connectivity index is 1.41. The standard InChI is InChI=1S/C23H25ClN2O5S/c24-18-8-4-16(14-22(18)32(28,29)25-17-6-7-17)23(27)26-10-1-3-19(26)15-5-9-20-21(13-15)31-12-2-11-30-20/h4-5,8-9,13-14,17,19,25H,1-3,6-7,10-12H2. The van der Waals surface area contributed by atoms with Crippen molar-refractivity contribution >= 4 is 27.5 Å². The quantitative estimate of drug-likeness (QED) is 0.707. The Morgan fingerprint density at radius 2 is 1.78 bits per heavy atom. The highest BCUT2D eigenvalue weighted by Crippen LogP contribution is 2.39. The van der Waals surface area contributed by atoms with Crippen molar-refractivity contribution in [3.05, 3.63) is 52.5 Å². The van der Waals surface area contributed by atoms with E-state index in [0.717, 1.165) is 43.4 Å². The zero-order valence-electron chi connectivity index (χ0n) is 17.6. The molecule has 1 saturated heterocycles. The third-order valence-electron chi connectivity index (χ3n) is 6.04. The average molecular weight is 477 g/mol. The van der Waals surface area contributed by atoms with E-state index in [1.807, 2.05) is 18.2 Å². The first-order valence-electron chi connectivity index (χ1n) is 10.9. The lowest BCUT2D eigenvalue weighted by molar-refractivity contribution is 0.0735. The second-order valence-corrected chi connectivity index (χ2v) is 10.5. The van der Waals surface area contributed by atoms with E-state index >= 15 is 0 Å². The molecule has 170 valence electrons. The van der Waals surface area contributed by atoms with E-state index in [1.54, 1.807) is 11.0 Å². The van der Waals surface area contributed by atoms with Gasteiger partial charge in [-0.2, -0.15) is 0 Å². The molecule has 3 aliphatic rings. The fraction of sp³-hybridized carbons (Fsp3) is 0.435. The first kappa shape index (κ1) is 21.6. The van der Waals surface area contributed by atoms with Crippen LogP contribution in [0.4, 0.5) is 0 Å². The van der Waals surface area contributed by atoms with Crippen LogP contribution in [0.2, 0.25) is 5.02 Å². The van der Waals surface area contributed by atoms with Gasteiger partial charge in [0.15, 0.2) is 11.5 Å². The minimum atomic E-state index is -3.77.